The maximum Gasteiger partial charge on any atom is 0.322 e. The average Bonchev–Trinajstić information content (AvgIpc) is 3.14. The molecule has 8 nitrogen and oxygen atoms in total. The molecule has 29 heavy (non-hydrogen) atoms. The minimum Gasteiger partial charge on any atom is -0.497 e. The van der Waals surface area contributed by atoms with Crippen LogP contribution < -0.4 is 4.74 Å². The average molecular weight is 417 g/mol. The number of aliphatic carboxylic acids is 1. The predicted octanol–water partition coefficient (Wildman–Crippen LogP) is 2.87. The lowest BCUT2D eigenvalue weighted by atomic mass is 10.0. The number of fused-ring (bicyclic) bond motifs is 1. The largest absolute Gasteiger partial charge is 0.497 e. The van der Waals surface area contributed by atoms with Gasteiger partial charge >= 0.3 is 5.97 Å². The summed E-state index contributed by atoms with van der Waals surface area (Å²) in [6.07, 6.45) is 1.55. The van der Waals surface area contributed by atoms with Crippen LogP contribution in [0.3, 0.4) is 0 Å². The van der Waals surface area contributed by atoms with Crippen LogP contribution in [0, 0.1) is 5.92 Å². The fraction of sp³-hybridized carbons (Fsp3) is 0.300. The number of carboxylic acid groups (broad SMARTS) is 1. The van der Waals surface area contributed by atoms with E-state index < -0.39 is 28.0 Å². The number of hydrogen-bond donors (Lipinski definition) is 2. The number of carboxylic acids is 1. The van der Waals surface area contributed by atoms with Crippen LogP contribution in [0.15, 0.2) is 53.7 Å². The van der Waals surface area contributed by atoms with Gasteiger partial charge < -0.3 is 14.8 Å². The molecule has 1 aromatic heterocycles. The number of hydrogen-bond acceptors (Lipinski definition) is 5. The van der Waals surface area contributed by atoms with Gasteiger partial charge in [0.15, 0.2) is 0 Å². The minimum atomic E-state index is -4.08. The molecule has 1 atom stereocenters. The number of rotatable bonds is 8. The number of aromatic nitrogens is 2. The number of carbonyl (C=O) groups is 1. The summed E-state index contributed by atoms with van der Waals surface area (Å²) < 4.78 is 32.9. The van der Waals surface area contributed by atoms with Crippen molar-refractivity contribution in [3.05, 3.63) is 54.4 Å². The maximum absolute atomic E-state index is 13.4. The first kappa shape index (κ1) is 20.8. The highest BCUT2D eigenvalue weighted by Crippen LogP contribution is 2.27. The Morgan fingerprint density at radius 1 is 1.21 bits per heavy atom. The van der Waals surface area contributed by atoms with Crippen molar-refractivity contribution in [3.63, 3.8) is 0 Å². The van der Waals surface area contributed by atoms with Crippen molar-refractivity contribution in [2.75, 3.05) is 7.11 Å². The lowest BCUT2D eigenvalue weighted by Crippen LogP contribution is -2.47. The summed E-state index contributed by atoms with van der Waals surface area (Å²) in [4.78, 5) is 19.1. The number of sulfonamides is 1. The first-order valence-electron chi connectivity index (χ1n) is 9.04. The summed E-state index contributed by atoms with van der Waals surface area (Å²) in [6.45, 7) is 3.28. The van der Waals surface area contributed by atoms with Gasteiger partial charge in [0.2, 0.25) is 10.0 Å². The Kier molecular flexibility index (Phi) is 5.90. The molecule has 9 heteroatoms. The number of ether oxygens (including phenoxy) is 1. The second kappa shape index (κ2) is 8.22. The van der Waals surface area contributed by atoms with Crippen LogP contribution in [0.4, 0.5) is 0 Å². The lowest BCUT2D eigenvalue weighted by molar-refractivity contribution is -0.143. The maximum atomic E-state index is 13.4. The van der Waals surface area contributed by atoms with E-state index in [-0.39, 0.29) is 11.4 Å². The Bertz CT molecular complexity index is 1110. The van der Waals surface area contributed by atoms with Crippen molar-refractivity contribution in [2.45, 2.75) is 31.3 Å². The van der Waals surface area contributed by atoms with Crippen LogP contribution in [-0.2, 0) is 21.4 Å². The second-order valence-corrected chi connectivity index (χ2v) is 8.90. The highest BCUT2D eigenvalue weighted by molar-refractivity contribution is 7.89. The zero-order valence-electron chi connectivity index (χ0n) is 16.4. The molecule has 0 spiro atoms. The lowest BCUT2D eigenvalue weighted by Gasteiger charge is -2.30. The van der Waals surface area contributed by atoms with Gasteiger partial charge in [-0.1, -0.05) is 19.9 Å². The smallest absolute Gasteiger partial charge is 0.322 e. The fourth-order valence-corrected chi connectivity index (χ4v) is 4.91. The van der Waals surface area contributed by atoms with Crippen molar-refractivity contribution < 1.29 is 23.1 Å². The van der Waals surface area contributed by atoms with Crippen LogP contribution >= 0.6 is 0 Å². The van der Waals surface area contributed by atoms with Crippen molar-refractivity contribution in [2.24, 2.45) is 5.92 Å². The van der Waals surface area contributed by atoms with Gasteiger partial charge in [0.1, 0.15) is 11.8 Å². The molecule has 2 N–H and O–H groups in total. The summed E-state index contributed by atoms with van der Waals surface area (Å²) in [5, 5.41) is 9.78. The minimum absolute atomic E-state index is 0.00560. The fourth-order valence-electron chi connectivity index (χ4n) is 3.21. The van der Waals surface area contributed by atoms with Crippen LogP contribution in [0.1, 0.15) is 19.4 Å². The summed E-state index contributed by atoms with van der Waals surface area (Å²) in [7, 11) is -2.60. The van der Waals surface area contributed by atoms with Crippen molar-refractivity contribution in [3.8, 4) is 5.75 Å². The van der Waals surface area contributed by atoms with Crippen molar-refractivity contribution >= 4 is 27.0 Å². The zero-order chi connectivity index (χ0) is 21.2. The monoisotopic (exact) mass is 417 g/mol. The summed E-state index contributed by atoms with van der Waals surface area (Å²) in [5.41, 5.74) is 2.14. The summed E-state index contributed by atoms with van der Waals surface area (Å²) >= 11 is 0. The van der Waals surface area contributed by atoms with E-state index in [1.165, 1.54) is 31.4 Å². The van der Waals surface area contributed by atoms with E-state index in [0.29, 0.717) is 16.8 Å². The van der Waals surface area contributed by atoms with E-state index in [1.54, 1.807) is 38.4 Å². The first-order chi connectivity index (χ1) is 13.7. The third kappa shape index (κ3) is 4.25. The van der Waals surface area contributed by atoms with Gasteiger partial charge in [0.25, 0.3) is 0 Å². The molecule has 0 radical (unpaired) electrons. The topological polar surface area (TPSA) is 113 Å². The molecule has 0 aliphatic heterocycles. The number of nitrogens with one attached hydrogen (secondary N) is 1. The molecule has 1 unspecified atom stereocenters. The third-order valence-electron chi connectivity index (χ3n) is 4.69. The quantitative estimate of drug-likeness (QED) is 0.583. The van der Waals surface area contributed by atoms with E-state index in [9.17, 15) is 18.3 Å². The molecule has 0 amide bonds. The molecular weight excluding hydrogens is 394 g/mol. The Balaban J connectivity index is 2.06. The molecule has 3 rings (SSSR count). The Hall–Kier alpha value is -2.91. The van der Waals surface area contributed by atoms with E-state index >= 15 is 0 Å². The number of H-pyrrole nitrogens is 1. The Morgan fingerprint density at radius 2 is 1.90 bits per heavy atom. The number of imidazole rings is 1. The highest BCUT2D eigenvalue weighted by Gasteiger charge is 2.38. The SMILES string of the molecule is COc1ccc(S(=O)(=O)N(Cc2ccc3[nH]cnc3c2)C(C(=O)O)C(C)C)cc1. The summed E-state index contributed by atoms with van der Waals surface area (Å²) in [6, 6.07) is 9.97. The van der Waals surface area contributed by atoms with E-state index in [2.05, 4.69) is 9.97 Å². The standard InChI is InChI=1S/C20H23N3O5S/c1-13(2)19(20(24)25)23(11-14-4-9-17-18(10-14)22-12-21-17)29(26,27)16-7-5-15(28-3)6-8-16/h4-10,12-13,19H,11H2,1-3H3,(H,21,22)(H,24,25). The molecule has 0 aliphatic rings. The molecule has 0 saturated carbocycles. The van der Waals surface area contributed by atoms with Crippen molar-refractivity contribution in [1.29, 1.82) is 0 Å². The van der Waals surface area contributed by atoms with Gasteiger partial charge in [-0.25, -0.2) is 13.4 Å². The molecular formula is C20H23N3O5S. The molecule has 2 aromatic carbocycles. The molecule has 1 heterocycles. The van der Waals surface area contributed by atoms with Crippen molar-refractivity contribution in [1.82, 2.24) is 14.3 Å². The zero-order valence-corrected chi connectivity index (χ0v) is 17.2. The number of nitrogens with zero attached hydrogens (tertiary/aromatic N) is 2. The second-order valence-electron chi connectivity index (χ2n) is 7.01. The number of benzene rings is 2. The number of methoxy groups -OCH3 is 1. The van der Waals surface area contributed by atoms with E-state index in [1.807, 2.05) is 0 Å². The molecule has 3 aromatic rings. The van der Waals surface area contributed by atoms with E-state index in [0.717, 1.165) is 9.82 Å². The van der Waals surface area contributed by atoms with Gasteiger partial charge in [0.05, 0.1) is 29.4 Å². The normalized spacial score (nSPS) is 13.1. The summed E-state index contributed by atoms with van der Waals surface area (Å²) in [5.74, 6) is -1.12. The molecule has 0 saturated heterocycles. The molecule has 0 aliphatic carbocycles. The van der Waals surface area contributed by atoms with Crippen LogP contribution in [0.25, 0.3) is 11.0 Å². The Labute approximate surface area is 169 Å². The van der Waals surface area contributed by atoms with Crippen LogP contribution in [0.2, 0.25) is 0 Å². The third-order valence-corrected chi connectivity index (χ3v) is 6.53. The number of aromatic amines is 1. The van der Waals surface area contributed by atoms with Gasteiger partial charge in [-0.15, -0.1) is 0 Å². The van der Waals surface area contributed by atoms with Gasteiger partial charge in [-0.2, -0.15) is 4.31 Å². The molecule has 0 bridgehead atoms. The van der Waals surface area contributed by atoms with Gasteiger partial charge in [-0.05, 0) is 47.9 Å². The molecule has 154 valence electrons. The van der Waals surface area contributed by atoms with Crippen LogP contribution in [0.5, 0.6) is 5.75 Å². The van der Waals surface area contributed by atoms with Crippen LogP contribution in [-0.4, -0.2) is 46.9 Å². The Morgan fingerprint density at radius 3 is 2.48 bits per heavy atom. The highest BCUT2D eigenvalue weighted by atomic mass is 32.2. The van der Waals surface area contributed by atoms with Gasteiger partial charge in [-0.3, -0.25) is 4.79 Å². The van der Waals surface area contributed by atoms with Gasteiger partial charge in [0, 0.05) is 6.54 Å². The first-order valence-corrected chi connectivity index (χ1v) is 10.5. The molecule has 0 fully saturated rings. The van der Waals surface area contributed by atoms with E-state index in [4.69, 9.17) is 4.74 Å². The predicted molar refractivity (Wildman–Crippen MR) is 108 cm³/mol.